The first-order valence-corrected chi connectivity index (χ1v) is 8.50. The van der Waals surface area contributed by atoms with Gasteiger partial charge < -0.3 is 5.32 Å². The molecule has 2 N–H and O–H groups in total. The number of aromatic amines is 1. The molecule has 0 aliphatic carbocycles. The third-order valence-corrected chi connectivity index (χ3v) is 4.18. The van der Waals surface area contributed by atoms with Gasteiger partial charge in [-0.25, -0.2) is 4.98 Å². The van der Waals surface area contributed by atoms with Gasteiger partial charge in [0, 0.05) is 23.9 Å². The molecular formula is C20H18N6O. The summed E-state index contributed by atoms with van der Waals surface area (Å²) in [4.78, 5) is 16.9. The van der Waals surface area contributed by atoms with Gasteiger partial charge in [0.15, 0.2) is 5.82 Å². The minimum atomic E-state index is -0.214. The van der Waals surface area contributed by atoms with Crippen molar-refractivity contribution in [3.8, 4) is 22.6 Å². The molecule has 2 aromatic heterocycles. The van der Waals surface area contributed by atoms with Crippen LogP contribution in [0.15, 0.2) is 60.7 Å². The van der Waals surface area contributed by atoms with Crippen LogP contribution in [0.1, 0.15) is 16.3 Å². The summed E-state index contributed by atoms with van der Waals surface area (Å²) < 4.78 is 1.59. The first kappa shape index (κ1) is 16.7. The highest BCUT2D eigenvalue weighted by Crippen LogP contribution is 2.21. The summed E-state index contributed by atoms with van der Waals surface area (Å²) in [5.41, 5.74) is 3.79. The van der Waals surface area contributed by atoms with Crippen molar-refractivity contribution in [2.75, 3.05) is 5.32 Å². The maximum atomic E-state index is 12.6. The van der Waals surface area contributed by atoms with Crippen LogP contribution in [-0.4, -0.2) is 30.9 Å². The topological polar surface area (TPSA) is 88.5 Å². The van der Waals surface area contributed by atoms with E-state index >= 15 is 0 Å². The number of hydrogen-bond donors (Lipinski definition) is 2. The van der Waals surface area contributed by atoms with E-state index in [0.29, 0.717) is 17.2 Å². The number of H-pyrrole nitrogens is 1. The molecule has 4 aromatic rings. The van der Waals surface area contributed by atoms with E-state index < -0.39 is 0 Å². The molecule has 0 unspecified atom stereocenters. The summed E-state index contributed by atoms with van der Waals surface area (Å²) in [6, 6.07) is 19.0. The van der Waals surface area contributed by atoms with Crippen molar-refractivity contribution >= 4 is 11.6 Å². The molecular weight excluding hydrogens is 340 g/mol. The lowest BCUT2D eigenvalue weighted by Crippen LogP contribution is -2.15. The van der Waals surface area contributed by atoms with Crippen molar-refractivity contribution in [1.82, 2.24) is 25.0 Å². The highest BCUT2D eigenvalue weighted by molar-refractivity contribution is 6.03. The Morgan fingerprint density at radius 2 is 1.78 bits per heavy atom. The van der Waals surface area contributed by atoms with Crippen LogP contribution in [0.25, 0.3) is 22.6 Å². The number of carbonyl (C=O) groups excluding carboxylic acids is 1. The van der Waals surface area contributed by atoms with Gasteiger partial charge in [-0.1, -0.05) is 30.3 Å². The molecule has 0 aliphatic rings. The van der Waals surface area contributed by atoms with Crippen LogP contribution in [0.2, 0.25) is 0 Å². The van der Waals surface area contributed by atoms with Crippen LogP contribution >= 0.6 is 0 Å². The summed E-state index contributed by atoms with van der Waals surface area (Å²) in [6.07, 6.45) is 0. The Bertz CT molecular complexity index is 1080. The largest absolute Gasteiger partial charge is 0.321 e. The van der Waals surface area contributed by atoms with Gasteiger partial charge in [-0.2, -0.15) is 10.2 Å². The predicted octanol–water partition coefficient (Wildman–Crippen LogP) is 3.43. The summed E-state index contributed by atoms with van der Waals surface area (Å²) in [6.45, 7) is 1.85. The number of anilines is 1. The fourth-order valence-corrected chi connectivity index (χ4v) is 2.80. The van der Waals surface area contributed by atoms with Crippen molar-refractivity contribution in [2.45, 2.75) is 6.92 Å². The molecule has 0 radical (unpaired) electrons. The van der Waals surface area contributed by atoms with Gasteiger partial charge in [-0.15, -0.1) is 0 Å². The first-order valence-electron chi connectivity index (χ1n) is 8.50. The zero-order chi connectivity index (χ0) is 18.8. The quantitative estimate of drug-likeness (QED) is 0.585. The molecule has 0 spiro atoms. The number of benzene rings is 2. The molecule has 0 atom stereocenters. The minimum Gasteiger partial charge on any atom is -0.321 e. The van der Waals surface area contributed by atoms with E-state index in [2.05, 4.69) is 25.6 Å². The molecule has 7 nitrogen and oxygen atoms in total. The van der Waals surface area contributed by atoms with Crippen LogP contribution in [0.4, 0.5) is 5.69 Å². The van der Waals surface area contributed by atoms with Gasteiger partial charge in [-0.05, 0) is 37.3 Å². The van der Waals surface area contributed by atoms with Crippen molar-refractivity contribution in [3.63, 3.8) is 0 Å². The van der Waals surface area contributed by atoms with Crippen molar-refractivity contribution in [3.05, 3.63) is 72.2 Å². The van der Waals surface area contributed by atoms with Crippen LogP contribution < -0.4 is 5.32 Å². The van der Waals surface area contributed by atoms with Gasteiger partial charge in [0.25, 0.3) is 5.91 Å². The molecule has 27 heavy (non-hydrogen) atoms. The van der Waals surface area contributed by atoms with E-state index in [4.69, 9.17) is 0 Å². The number of hydrogen-bond acceptors (Lipinski definition) is 4. The Kier molecular flexibility index (Phi) is 4.25. The number of aromatic nitrogens is 5. The molecule has 134 valence electrons. The number of rotatable bonds is 4. The SMILES string of the molecule is Cc1nc(-c2ccc(NC(=O)c3cc(-c4ccccc4)nn3C)cc2)n[nH]1. The zero-order valence-electron chi connectivity index (χ0n) is 15.0. The molecule has 2 aromatic carbocycles. The van der Waals surface area contributed by atoms with Gasteiger partial charge in [-0.3, -0.25) is 14.6 Å². The molecule has 0 fully saturated rings. The normalized spacial score (nSPS) is 10.7. The lowest BCUT2D eigenvalue weighted by Gasteiger charge is -2.05. The summed E-state index contributed by atoms with van der Waals surface area (Å²) in [7, 11) is 1.76. The predicted molar refractivity (Wildman–Crippen MR) is 103 cm³/mol. The Balaban J connectivity index is 1.52. The standard InChI is InChI=1S/C20H18N6O/c1-13-21-19(24-23-13)15-8-10-16(11-9-15)22-20(27)18-12-17(25-26(18)2)14-6-4-3-5-7-14/h3-12H,1-2H3,(H,22,27)(H,21,23,24). The molecule has 0 saturated heterocycles. The maximum absolute atomic E-state index is 12.6. The average molecular weight is 358 g/mol. The van der Waals surface area contributed by atoms with E-state index in [1.54, 1.807) is 17.8 Å². The zero-order valence-corrected chi connectivity index (χ0v) is 15.0. The first-order chi connectivity index (χ1) is 13.1. The van der Waals surface area contributed by atoms with Crippen LogP contribution in [0, 0.1) is 6.92 Å². The minimum absolute atomic E-state index is 0.214. The number of nitrogens with one attached hydrogen (secondary N) is 2. The molecule has 0 saturated carbocycles. The number of nitrogens with zero attached hydrogens (tertiary/aromatic N) is 4. The Morgan fingerprint density at radius 3 is 2.44 bits per heavy atom. The Labute approximate surface area is 156 Å². The van der Waals surface area contributed by atoms with Crippen LogP contribution in [0.5, 0.6) is 0 Å². The lowest BCUT2D eigenvalue weighted by molar-refractivity contribution is 0.101. The Hall–Kier alpha value is -3.74. The molecule has 0 bridgehead atoms. The number of amides is 1. The third-order valence-electron chi connectivity index (χ3n) is 4.18. The second-order valence-corrected chi connectivity index (χ2v) is 6.18. The van der Waals surface area contributed by atoms with Gasteiger partial charge in [0.05, 0.1) is 5.69 Å². The van der Waals surface area contributed by atoms with E-state index in [1.807, 2.05) is 61.5 Å². The molecule has 4 rings (SSSR count). The fraction of sp³-hybridized carbons (Fsp3) is 0.100. The highest BCUT2D eigenvalue weighted by atomic mass is 16.2. The van der Waals surface area contributed by atoms with Crippen molar-refractivity contribution in [1.29, 1.82) is 0 Å². The van der Waals surface area contributed by atoms with Crippen molar-refractivity contribution < 1.29 is 4.79 Å². The number of aryl methyl sites for hydroxylation is 2. The lowest BCUT2D eigenvalue weighted by atomic mass is 10.1. The molecule has 1 amide bonds. The van der Waals surface area contributed by atoms with Crippen molar-refractivity contribution in [2.24, 2.45) is 7.05 Å². The summed E-state index contributed by atoms with van der Waals surface area (Å²) >= 11 is 0. The van der Waals surface area contributed by atoms with Gasteiger partial charge in [0.1, 0.15) is 11.5 Å². The second-order valence-electron chi connectivity index (χ2n) is 6.18. The van der Waals surface area contributed by atoms with Crippen LogP contribution in [-0.2, 0) is 7.05 Å². The third kappa shape index (κ3) is 3.48. The molecule has 2 heterocycles. The summed E-state index contributed by atoms with van der Waals surface area (Å²) in [5.74, 6) is 1.17. The van der Waals surface area contributed by atoms with E-state index in [9.17, 15) is 4.79 Å². The highest BCUT2D eigenvalue weighted by Gasteiger charge is 2.14. The second kappa shape index (κ2) is 6.87. The van der Waals surface area contributed by atoms with Gasteiger partial charge >= 0.3 is 0 Å². The monoisotopic (exact) mass is 358 g/mol. The number of carbonyl (C=O) groups is 1. The van der Waals surface area contributed by atoms with E-state index in [0.717, 1.165) is 22.6 Å². The summed E-state index contributed by atoms with van der Waals surface area (Å²) in [5, 5.41) is 14.3. The maximum Gasteiger partial charge on any atom is 0.273 e. The van der Waals surface area contributed by atoms with E-state index in [1.165, 1.54) is 0 Å². The van der Waals surface area contributed by atoms with Crippen LogP contribution in [0.3, 0.4) is 0 Å². The average Bonchev–Trinajstić information content (AvgIpc) is 3.29. The molecule has 0 aliphatic heterocycles. The molecule has 7 heteroatoms. The smallest absolute Gasteiger partial charge is 0.273 e. The Morgan fingerprint density at radius 1 is 1.04 bits per heavy atom. The fourth-order valence-electron chi connectivity index (χ4n) is 2.80. The van der Waals surface area contributed by atoms with E-state index in [-0.39, 0.29) is 5.91 Å². The van der Waals surface area contributed by atoms with Gasteiger partial charge in [0.2, 0.25) is 0 Å².